The van der Waals surface area contributed by atoms with Gasteiger partial charge in [-0.1, -0.05) is 19.1 Å². The fourth-order valence-corrected chi connectivity index (χ4v) is 2.82. The van der Waals surface area contributed by atoms with E-state index in [1.165, 1.54) is 23.1 Å². The van der Waals surface area contributed by atoms with Gasteiger partial charge in [-0.3, -0.25) is 9.59 Å². The summed E-state index contributed by atoms with van der Waals surface area (Å²) >= 11 is 0. The number of carboxylic acids is 1. The molecule has 0 spiro atoms. The van der Waals surface area contributed by atoms with Crippen molar-refractivity contribution in [3.8, 4) is 11.5 Å². The summed E-state index contributed by atoms with van der Waals surface area (Å²) in [6, 6.07) is 5.80. The van der Waals surface area contributed by atoms with Crippen molar-refractivity contribution in [2.24, 2.45) is 11.8 Å². The van der Waals surface area contributed by atoms with Crippen molar-refractivity contribution in [1.82, 2.24) is 4.90 Å². The summed E-state index contributed by atoms with van der Waals surface area (Å²) in [5, 5.41) is 9.10. The Morgan fingerprint density at radius 1 is 1.23 bits per heavy atom. The summed E-state index contributed by atoms with van der Waals surface area (Å²) in [6.07, 6.45) is -4.12. The second kappa shape index (κ2) is 8.29. The molecule has 1 aromatic carbocycles. The van der Waals surface area contributed by atoms with Gasteiger partial charge < -0.3 is 19.5 Å². The molecule has 1 fully saturated rings. The number of halogens is 3. The molecule has 2 atom stereocenters. The van der Waals surface area contributed by atoms with Gasteiger partial charge in [0.15, 0.2) is 24.7 Å². The van der Waals surface area contributed by atoms with Crippen LogP contribution in [-0.4, -0.2) is 54.4 Å². The summed E-state index contributed by atoms with van der Waals surface area (Å²) in [7, 11) is 0. The number of likely N-dealkylation sites (tertiary alicyclic amines) is 1. The number of para-hydroxylation sites is 2. The molecule has 6 nitrogen and oxygen atoms in total. The minimum Gasteiger partial charge on any atom is -0.481 e. The predicted molar refractivity (Wildman–Crippen MR) is 85.0 cm³/mol. The van der Waals surface area contributed by atoms with E-state index in [9.17, 15) is 22.8 Å². The van der Waals surface area contributed by atoms with Crippen molar-refractivity contribution in [3.05, 3.63) is 24.3 Å². The summed E-state index contributed by atoms with van der Waals surface area (Å²) in [6.45, 7) is 0.541. The van der Waals surface area contributed by atoms with Crippen LogP contribution >= 0.6 is 0 Å². The van der Waals surface area contributed by atoms with Gasteiger partial charge in [-0.15, -0.1) is 0 Å². The number of ether oxygens (including phenoxy) is 2. The molecule has 26 heavy (non-hydrogen) atoms. The van der Waals surface area contributed by atoms with Gasteiger partial charge in [-0.05, 0) is 24.5 Å². The molecule has 144 valence electrons. The monoisotopic (exact) mass is 375 g/mol. The molecule has 9 heteroatoms. The number of hydrogen-bond donors (Lipinski definition) is 1. The Morgan fingerprint density at radius 3 is 2.38 bits per heavy atom. The van der Waals surface area contributed by atoms with Crippen LogP contribution in [0.5, 0.6) is 11.5 Å². The molecule has 0 aliphatic carbocycles. The first-order valence-electron chi connectivity index (χ1n) is 8.09. The third kappa shape index (κ3) is 5.53. The Morgan fingerprint density at radius 2 is 1.85 bits per heavy atom. The maximum absolute atomic E-state index is 12.3. The normalized spacial score (nSPS) is 20.5. The third-order valence-corrected chi connectivity index (χ3v) is 4.17. The Kier molecular flexibility index (Phi) is 6.33. The molecular weight excluding hydrogens is 355 g/mol. The quantitative estimate of drug-likeness (QED) is 0.827. The lowest BCUT2D eigenvalue weighted by Crippen LogP contribution is -2.46. The second-order valence-electron chi connectivity index (χ2n) is 6.19. The molecule has 0 aromatic heterocycles. The summed E-state index contributed by atoms with van der Waals surface area (Å²) in [4.78, 5) is 24.9. The van der Waals surface area contributed by atoms with Crippen LogP contribution in [0.25, 0.3) is 0 Å². The first kappa shape index (κ1) is 19.9. The maximum atomic E-state index is 12.3. The number of rotatable bonds is 6. The molecule has 1 aliphatic rings. The van der Waals surface area contributed by atoms with Gasteiger partial charge in [-0.2, -0.15) is 13.2 Å². The largest absolute Gasteiger partial charge is 0.481 e. The number of benzene rings is 1. The second-order valence-corrected chi connectivity index (χ2v) is 6.19. The topological polar surface area (TPSA) is 76.1 Å². The molecule has 1 aliphatic heterocycles. The maximum Gasteiger partial charge on any atom is 0.422 e. The number of amides is 1. The van der Waals surface area contributed by atoms with E-state index in [0.717, 1.165) is 0 Å². The number of carboxylic acid groups (broad SMARTS) is 1. The van der Waals surface area contributed by atoms with Crippen molar-refractivity contribution < 1.29 is 37.3 Å². The van der Waals surface area contributed by atoms with Crippen molar-refractivity contribution in [2.45, 2.75) is 19.5 Å². The highest BCUT2D eigenvalue weighted by Crippen LogP contribution is 2.29. The van der Waals surface area contributed by atoms with Gasteiger partial charge in [0.1, 0.15) is 0 Å². The first-order valence-corrected chi connectivity index (χ1v) is 8.09. The van der Waals surface area contributed by atoms with Gasteiger partial charge in [0.25, 0.3) is 5.91 Å². The Hall–Kier alpha value is -2.45. The lowest BCUT2D eigenvalue weighted by molar-refractivity contribution is -0.153. The summed E-state index contributed by atoms with van der Waals surface area (Å²) < 4.78 is 46.9. The van der Waals surface area contributed by atoms with Gasteiger partial charge >= 0.3 is 12.1 Å². The zero-order valence-electron chi connectivity index (χ0n) is 14.2. The molecule has 1 saturated heterocycles. The number of hydrogen-bond acceptors (Lipinski definition) is 4. The Bertz CT molecular complexity index is 650. The Balaban J connectivity index is 1.91. The van der Waals surface area contributed by atoms with E-state index in [-0.39, 0.29) is 29.9 Å². The van der Waals surface area contributed by atoms with Gasteiger partial charge in [0.2, 0.25) is 0 Å². The molecule has 1 aromatic rings. The van der Waals surface area contributed by atoms with Crippen LogP contribution in [-0.2, 0) is 9.59 Å². The molecule has 1 amide bonds. The highest BCUT2D eigenvalue weighted by Gasteiger charge is 2.33. The number of carbonyl (C=O) groups excluding carboxylic acids is 1. The summed E-state index contributed by atoms with van der Waals surface area (Å²) in [5.74, 6) is -1.97. The van der Waals surface area contributed by atoms with Crippen LogP contribution in [0.3, 0.4) is 0 Å². The van der Waals surface area contributed by atoms with E-state index in [1.807, 2.05) is 0 Å². The molecule has 0 radical (unpaired) electrons. The van der Waals surface area contributed by atoms with E-state index in [1.54, 1.807) is 13.0 Å². The fraction of sp³-hybridized carbons (Fsp3) is 0.529. The van der Waals surface area contributed by atoms with Crippen molar-refractivity contribution in [3.63, 3.8) is 0 Å². The predicted octanol–water partition coefficient (Wildman–Crippen LogP) is 2.58. The molecular formula is C17H20F3NO5. The van der Waals surface area contributed by atoms with E-state index in [2.05, 4.69) is 0 Å². The minimum atomic E-state index is -4.48. The minimum absolute atomic E-state index is 0.0403. The fourth-order valence-electron chi connectivity index (χ4n) is 2.82. The van der Waals surface area contributed by atoms with E-state index in [0.29, 0.717) is 19.5 Å². The van der Waals surface area contributed by atoms with Crippen LogP contribution in [0.15, 0.2) is 24.3 Å². The molecule has 2 rings (SSSR count). The SMILES string of the molecule is CC1CN(C(=O)COc2ccccc2OCC(F)(F)F)CCC1C(=O)O. The van der Waals surface area contributed by atoms with E-state index >= 15 is 0 Å². The van der Waals surface area contributed by atoms with Crippen LogP contribution in [0, 0.1) is 11.8 Å². The average molecular weight is 375 g/mol. The van der Waals surface area contributed by atoms with E-state index in [4.69, 9.17) is 14.6 Å². The molecule has 0 bridgehead atoms. The van der Waals surface area contributed by atoms with E-state index < -0.39 is 24.7 Å². The van der Waals surface area contributed by atoms with Crippen molar-refractivity contribution >= 4 is 11.9 Å². The molecule has 2 unspecified atom stereocenters. The average Bonchev–Trinajstić information content (AvgIpc) is 2.57. The zero-order valence-corrected chi connectivity index (χ0v) is 14.2. The number of carbonyl (C=O) groups is 2. The van der Waals surface area contributed by atoms with Gasteiger partial charge in [0.05, 0.1) is 5.92 Å². The smallest absolute Gasteiger partial charge is 0.422 e. The number of alkyl halides is 3. The highest BCUT2D eigenvalue weighted by molar-refractivity contribution is 5.78. The lowest BCUT2D eigenvalue weighted by atomic mass is 9.87. The number of aliphatic carboxylic acids is 1. The molecule has 1 N–H and O–H groups in total. The summed E-state index contributed by atoms with van der Waals surface area (Å²) in [5.41, 5.74) is 0. The zero-order chi connectivity index (χ0) is 19.3. The first-order chi connectivity index (χ1) is 12.2. The Labute approximate surface area is 148 Å². The van der Waals surface area contributed by atoms with Crippen molar-refractivity contribution in [2.75, 3.05) is 26.3 Å². The number of piperidine rings is 1. The van der Waals surface area contributed by atoms with Crippen molar-refractivity contribution in [1.29, 1.82) is 0 Å². The van der Waals surface area contributed by atoms with Crippen LogP contribution in [0.2, 0.25) is 0 Å². The highest BCUT2D eigenvalue weighted by atomic mass is 19.4. The van der Waals surface area contributed by atoms with Gasteiger partial charge in [0, 0.05) is 13.1 Å². The van der Waals surface area contributed by atoms with Crippen LogP contribution in [0.1, 0.15) is 13.3 Å². The third-order valence-electron chi connectivity index (χ3n) is 4.17. The lowest BCUT2D eigenvalue weighted by Gasteiger charge is -2.34. The van der Waals surface area contributed by atoms with Gasteiger partial charge in [-0.25, -0.2) is 0 Å². The van der Waals surface area contributed by atoms with Crippen LogP contribution in [0.4, 0.5) is 13.2 Å². The van der Waals surface area contributed by atoms with Crippen LogP contribution < -0.4 is 9.47 Å². The molecule has 0 saturated carbocycles. The standard InChI is InChI=1S/C17H20F3NO5/c1-11-8-21(7-6-12(11)16(23)24)15(22)9-25-13-4-2-3-5-14(13)26-10-17(18,19)20/h2-5,11-12H,6-10H2,1H3,(H,23,24). The molecule has 1 heterocycles. The number of nitrogens with zero attached hydrogens (tertiary/aromatic N) is 1.